The molecule has 0 radical (unpaired) electrons. The summed E-state index contributed by atoms with van der Waals surface area (Å²) >= 11 is 0. The molecule has 0 heterocycles. The Kier molecular flexibility index (Phi) is 4.74. The summed E-state index contributed by atoms with van der Waals surface area (Å²) < 4.78 is 0. The number of hydrogen-bond donors (Lipinski definition) is 2. The van der Waals surface area contributed by atoms with E-state index in [1.165, 1.54) is 11.1 Å². The van der Waals surface area contributed by atoms with Crippen LogP contribution in [-0.4, -0.2) is 11.1 Å². The Hall–Kier alpha value is -1.61. The number of aliphatic carboxylic acids is 1. The number of carboxylic acid groups (broad SMARTS) is 1. The van der Waals surface area contributed by atoms with Crippen molar-refractivity contribution in [3.8, 4) is 0 Å². The molecule has 2 atom stereocenters. The molecule has 0 saturated heterocycles. The first kappa shape index (κ1) is 13.8. The average molecular weight is 259 g/mol. The predicted molar refractivity (Wildman–Crippen MR) is 75.8 cm³/mol. The summed E-state index contributed by atoms with van der Waals surface area (Å²) in [6.07, 6.45) is 8.73. The van der Waals surface area contributed by atoms with Gasteiger partial charge in [0.15, 0.2) is 0 Å². The minimum atomic E-state index is -0.653. The van der Waals surface area contributed by atoms with Gasteiger partial charge in [0.05, 0.1) is 5.92 Å². The molecule has 19 heavy (non-hydrogen) atoms. The van der Waals surface area contributed by atoms with Gasteiger partial charge in [-0.1, -0.05) is 36.4 Å². The van der Waals surface area contributed by atoms with E-state index in [0.29, 0.717) is 6.04 Å². The van der Waals surface area contributed by atoms with Crippen LogP contribution in [0.4, 0.5) is 0 Å². The third-order valence-corrected chi connectivity index (χ3v) is 3.80. The molecule has 0 bridgehead atoms. The van der Waals surface area contributed by atoms with Gasteiger partial charge < -0.3 is 10.8 Å². The molecule has 1 aromatic rings. The Morgan fingerprint density at radius 2 is 2.00 bits per heavy atom. The predicted octanol–water partition coefficient (Wildman–Crippen LogP) is 3.06. The summed E-state index contributed by atoms with van der Waals surface area (Å²) in [6.45, 7) is 0. The van der Waals surface area contributed by atoms with Crippen LogP contribution in [0, 0.1) is 5.92 Å². The van der Waals surface area contributed by atoms with E-state index in [9.17, 15) is 4.79 Å². The van der Waals surface area contributed by atoms with E-state index in [0.717, 1.165) is 32.1 Å². The average Bonchev–Trinajstić information content (AvgIpc) is 2.83. The van der Waals surface area contributed by atoms with E-state index in [-0.39, 0.29) is 5.92 Å². The van der Waals surface area contributed by atoms with Crippen molar-refractivity contribution in [1.29, 1.82) is 0 Å². The van der Waals surface area contributed by atoms with Crippen molar-refractivity contribution in [3.05, 3.63) is 47.5 Å². The van der Waals surface area contributed by atoms with E-state index in [4.69, 9.17) is 10.8 Å². The highest BCUT2D eigenvalue weighted by atomic mass is 16.4. The Morgan fingerprint density at radius 1 is 1.21 bits per heavy atom. The quantitative estimate of drug-likeness (QED) is 0.762. The molecule has 0 aliphatic heterocycles. The van der Waals surface area contributed by atoms with Gasteiger partial charge in [0.25, 0.3) is 0 Å². The van der Waals surface area contributed by atoms with Crippen LogP contribution in [0.3, 0.4) is 0 Å². The summed E-state index contributed by atoms with van der Waals surface area (Å²) in [5.74, 6) is -0.769. The smallest absolute Gasteiger partial charge is 0.306 e. The lowest BCUT2D eigenvalue weighted by Crippen LogP contribution is -2.13. The molecule has 0 amide bonds. The van der Waals surface area contributed by atoms with Crippen molar-refractivity contribution >= 4 is 5.97 Å². The molecule has 1 aromatic carbocycles. The van der Waals surface area contributed by atoms with Crippen LogP contribution in [0.2, 0.25) is 0 Å². The molecule has 2 aliphatic carbocycles. The molecule has 3 N–H and O–H groups in total. The summed E-state index contributed by atoms with van der Waals surface area (Å²) in [5.41, 5.74) is 8.64. The van der Waals surface area contributed by atoms with Crippen molar-refractivity contribution < 1.29 is 9.90 Å². The van der Waals surface area contributed by atoms with E-state index in [1.54, 1.807) is 0 Å². The highest BCUT2D eigenvalue weighted by Gasteiger charge is 2.17. The van der Waals surface area contributed by atoms with Crippen LogP contribution in [0.1, 0.15) is 42.9 Å². The Labute approximate surface area is 114 Å². The second-order valence-corrected chi connectivity index (χ2v) is 5.16. The van der Waals surface area contributed by atoms with Crippen molar-refractivity contribution in [1.82, 2.24) is 0 Å². The van der Waals surface area contributed by atoms with Gasteiger partial charge in [0, 0.05) is 6.04 Å². The maximum atomic E-state index is 10.3. The maximum absolute atomic E-state index is 10.3. The first-order chi connectivity index (χ1) is 9.18. The molecule has 0 fully saturated rings. The fraction of sp³-hybridized carbons (Fsp3) is 0.438. The molecular formula is C16H21NO2. The van der Waals surface area contributed by atoms with Crippen LogP contribution >= 0.6 is 0 Å². The standard InChI is InChI=1S/C9H11N.C7H10O2/c10-9-6-5-7-3-1-2-4-8(7)9;8-7(9)6-4-2-1-3-5-6/h1-4,9H,5-6,10H2;1-2,6H,3-5H2,(H,8,9)/t9-;6-/m01/s1. The van der Waals surface area contributed by atoms with Gasteiger partial charge in [-0.15, -0.1) is 0 Å². The third kappa shape index (κ3) is 3.67. The number of nitrogens with two attached hydrogens (primary N) is 1. The van der Waals surface area contributed by atoms with Gasteiger partial charge in [-0.05, 0) is 43.2 Å². The number of rotatable bonds is 1. The van der Waals surface area contributed by atoms with Crippen molar-refractivity contribution in [2.24, 2.45) is 11.7 Å². The van der Waals surface area contributed by atoms with E-state index in [2.05, 4.69) is 24.3 Å². The van der Waals surface area contributed by atoms with Crippen LogP contribution in [0.25, 0.3) is 0 Å². The molecule has 3 nitrogen and oxygen atoms in total. The number of aryl methyl sites for hydroxylation is 1. The van der Waals surface area contributed by atoms with Crippen molar-refractivity contribution in [2.75, 3.05) is 0 Å². The van der Waals surface area contributed by atoms with Gasteiger partial charge in [-0.3, -0.25) is 4.79 Å². The van der Waals surface area contributed by atoms with Crippen molar-refractivity contribution in [3.63, 3.8) is 0 Å². The lowest BCUT2D eigenvalue weighted by atomic mass is 9.95. The zero-order valence-corrected chi connectivity index (χ0v) is 11.1. The van der Waals surface area contributed by atoms with Crippen LogP contribution in [-0.2, 0) is 11.2 Å². The minimum absolute atomic E-state index is 0.116. The number of hydrogen-bond acceptors (Lipinski definition) is 2. The van der Waals surface area contributed by atoms with E-state index in [1.807, 2.05) is 12.2 Å². The number of fused-ring (bicyclic) bond motifs is 1. The number of benzene rings is 1. The van der Waals surface area contributed by atoms with Gasteiger partial charge in [0.2, 0.25) is 0 Å². The third-order valence-electron chi connectivity index (χ3n) is 3.80. The molecule has 2 aliphatic rings. The van der Waals surface area contributed by atoms with E-state index < -0.39 is 5.97 Å². The second kappa shape index (κ2) is 6.53. The summed E-state index contributed by atoms with van der Waals surface area (Å²) in [6, 6.07) is 8.74. The number of allylic oxidation sites excluding steroid dienone is 2. The molecule has 102 valence electrons. The van der Waals surface area contributed by atoms with Crippen LogP contribution < -0.4 is 5.73 Å². The molecule has 0 unspecified atom stereocenters. The van der Waals surface area contributed by atoms with Gasteiger partial charge >= 0.3 is 5.97 Å². The molecule has 0 aromatic heterocycles. The fourth-order valence-corrected chi connectivity index (χ4v) is 2.61. The Morgan fingerprint density at radius 3 is 2.58 bits per heavy atom. The molecule has 3 heteroatoms. The first-order valence-electron chi connectivity index (χ1n) is 6.89. The topological polar surface area (TPSA) is 63.3 Å². The van der Waals surface area contributed by atoms with Gasteiger partial charge in [-0.2, -0.15) is 0 Å². The summed E-state index contributed by atoms with van der Waals surface area (Å²) in [7, 11) is 0. The molecule has 3 rings (SSSR count). The van der Waals surface area contributed by atoms with Crippen LogP contribution in [0.15, 0.2) is 36.4 Å². The molecular weight excluding hydrogens is 238 g/mol. The SMILES string of the molecule is N[C@H]1CCc2ccccc21.O=C(O)[C@@H]1CC=CCC1. The zero-order valence-electron chi connectivity index (χ0n) is 11.1. The van der Waals surface area contributed by atoms with Gasteiger partial charge in [0.1, 0.15) is 0 Å². The van der Waals surface area contributed by atoms with E-state index >= 15 is 0 Å². The highest BCUT2D eigenvalue weighted by Crippen LogP contribution is 2.28. The monoisotopic (exact) mass is 259 g/mol. The second-order valence-electron chi connectivity index (χ2n) is 5.16. The largest absolute Gasteiger partial charge is 0.481 e. The normalized spacial score (nSPS) is 24.3. The lowest BCUT2D eigenvalue weighted by Gasteiger charge is -2.11. The van der Waals surface area contributed by atoms with Gasteiger partial charge in [-0.25, -0.2) is 0 Å². The highest BCUT2D eigenvalue weighted by molar-refractivity contribution is 5.70. The number of carbonyl (C=O) groups is 1. The molecule has 0 spiro atoms. The number of carboxylic acids is 1. The first-order valence-corrected chi connectivity index (χ1v) is 6.89. The summed E-state index contributed by atoms with van der Waals surface area (Å²) in [4.78, 5) is 10.3. The summed E-state index contributed by atoms with van der Waals surface area (Å²) in [5, 5.41) is 8.50. The minimum Gasteiger partial charge on any atom is -0.481 e. The Balaban J connectivity index is 0.000000141. The Bertz CT molecular complexity index is 468. The zero-order chi connectivity index (χ0) is 13.7. The fourth-order valence-electron chi connectivity index (χ4n) is 2.61. The lowest BCUT2D eigenvalue weighted by molar-refractivity contribution is -0.141. The molecule has 0 saturated carbocycles. The van der Waals surface area contributed by atoms with Crippen LogP contribution in [0.5, 0.6) is 0 Å². The van der Waals surface area contributed by atoms with Crippen molar-refractivity contribution in [2.45, 2.75) is 38.1 Å². The maximum Gasteiger partial charge on any atom is 0.306 e.